The summed E-state index contributed by atoms with van der Waals surface area (Å²) in [6, 6.07) is 0. The summed E-state index contributed by atoms with van der Waals surface area (Å²) in [4.78, 5) is 20.7. The van der Waals surface area contributed by atoms with Gasteiger partial charge >= 0.3 is 37.7 Å². The monoisotopic (exact) mass is 614 g/mol. The third-order valence-corrected chi connectivity index (χ3v) is 10.4. The standard InChI is InChI=1S/C34H66O4S2.2Li/c35-33(36)29-25-21-17-13-9-5-1-3-7-11-15-19-23-27-31-39-40-32-28-24-20-16-12-8-4-2-6-10-14-18-22-26-30-34(37)38;;/h1-32H2,(H,35,36)(H,37,38);;/q;2*+1/p-2. The van der Waals surface area contributed by atoms with Crippen LogP contribution in [0, 0.1) is 0 Å². The van der Waals surface area contributed by atoms with E-state index >= 15 is 0 Å². The second kappa shape index (κ2) is 41.8. The van der Waals surface area contributed by atoms with Crippen LogP contribution in [0.25, 0.3) is 0 Å². The van der Waals surface area contributed by atoms with Crippen molar-refractivity contribution >= 4 is 33.5 Å². The van der Waals surface area contributed by atoms with E-state index in [1.54, 1.807) is 0 Å². The van der Waals surface area contributed by atoms with Gasteiger partial charge in [0.05, 0.1) is 0 Å². The molecule has 0 spiro atoms. The Morgan fingerprint density at radius 3 is 0.667 bits per heavy atom. The van der Waals surface area contributed by atoms with Gasteiger partial charge in [0, 0.05) is 23.4 Å². The fraction of sp³-hybridized carbons (Fsp3) is 0.941. The molecule has 0 aliphatic heterocycles. The van der Waals surface area contributed by atoms with Crippen LogP contribution in [0.15, 0.2) is 0 Å². The van der Waals surface area contributed by atoms with Gasteiger partial charge in [0.2, 0.25) is 0 Å². The first-order chi connectivity index (χ1) is 19.6. The zero-order valence-electron chi connectivity index (χ0n) is 28.1. The molecule has 0 bridgehead atoms. The summed E-state index contributed by atoms with van der Waals surface area (Å²) in [5, 5.41) is 20.7. The molecular formula is C34H64Li2O4S2. The van der Waals surface area contributed by atoms with Crippen LogP contribution in [0.4, 0.5) is 0 Å². The number of aliphatic carboxylic acids is 2. The predicted octanol–water partition coefficient (Wildman–Crippen LogP) is 3.58. The molecule has 0 rings (SSSR count). The van der Waals surface area contributed by atoms with Gasteiger partial charge in [0.15, 0.2) is 0 Å². The van der Waals surface area contributed by atoms with Crippen molar-refractivity contribution in [1.29, 1.82) is 0 Å². The average Bonchev–Trinajstić information content (AvgIpc) is 2.93. The zero-order chi connectivity index (χ0) is 29.2. The fourth-order valence-corrected chi connectivity index (χ4v) is 7.52. The van der Waals surface area contributed by atoms with Gasteiger partial charge in [-0.15, -0.1) is 0 Å². The molecule has 238 valence electrons. The van der Waals surface area contributed by atoms with E-state index in [0.717, 1.165) is 25.7 Å². The Bertz CT molecular complexity index is 496. The van der Waals surface area contributed by atoms with Crippen LogP contribution in [0.2, 0.25) is 0 Å². The van der Waals surface area contributed by atoms with Crippen molar-refractivity contribution in [1.82, 2.24) is 0 Å². The number of carboxylic acids is 2. The second-order valence-corrected chi connectivity index (χ2v) is 14.5. The van der Waals surface area contributed by atoms with Crippen LogP contribution in [-0.4, -0.2) is 23.4 Å². The van der Waals surface area contributed by atoms with E-state index in [1.165, 1.54) is 166 Å². The first kappa shape index (κ1) is 47.2. The third kappa shape index (κ3) is 45.3. The minimum Gasteiger partial charge on any atom is -0.550 e. The molecular weight excluding hydrogens is 550 g/mol. The fourth-order valence-electron chi connectivity index (χ4n) is 5.22. The minimum absolute atomic E-state index is 0. The maximum Gasteiger partial charge on any atom is 1.00 e. The second-order valence-electron chi connectivity index (χ2n) is 11.8. The van der Waals surface area contributed by atoms with Gasteiger partial charge in [-0.2, -0.15) is 0 Å². The van der Waals surface area contributed by atoms with E-state index in [9.17, 15) is 19.8 Å². The summed E-state index contributed by atoms with van der Waals surface area (Å²) in [5.74, 6) is 0.826. The molecule has 0 aromatic rings. The molecule has 0 aliphatic rings. The van der Waals surface area contributed by atoms with Gasteiger partial charge in [-0.3, -0.25) is 0 Å². The molecule has 0 atom stereocenters. The van der Waals surface area contributed by atoms with E-state index in [2.05, 4.69) is 21.6 Å². The molecule has 0 aromatic carbocycles. The summed E-state index contributed by atoms with van der Waals surface area (Å²) in [6.07, 6.45) is 36.6. The molecule has 0 fully saturated rings. The maximum atomic E-state index is 10.4. The Hall–Kier alpha value is 0.835. The number of carbonyl (C=O) groups is 2. The van der Waals surface area contributed by atoms with Crippen LogP contribution in [0.5, 0.6) is 0 Å². The number of carboxylic acid groups (broad SMARTS) is 2. The topological polar surface area (TPSA) is 80.3 Å². The molecule has 0 aliphatic carbocycles. The Morgan fingerprint density at radius 2 is 0.476 bits per heavy atom. The van der Waals surface area contributed by atoms with Crippen molar-refractivity contribution in [2.75, 3.05) is 11.5 Å². The number of unbranched alkanes of at least 4 members (excludes halogenated alkanes) is 26. The Labute approximate surface area is 293 Å². The first-order valence-electron chi connectivity index (χ1n) is 17.3. The van der Waals surface area contributed by atoms with E-state index in [1.807, 2.05) is 0 Å². The summed E-state index contributed by atoms with van der Waals surface area (Å²) >= 11 is 0. The average molecular weight is 615 g/mol. The summed E-state index contributed by atoms with van der Waals surface area (Å²) in [7, 11) is 4.18. The molecule has 8 heteroatoms. The molecule has 0 aromatic heterocycles. The zero-order valence-corrected chi connectivity index (χ0v) is 29.7. The smallest absolute Gasteiger partial charge is 0.550 e. The largest absolute Gasteiger partial charge is 1.00 e. The summed E-state index contributed by atoms with van der Waals surface area (Å²) in [5.41, 5.74) is 0. The quantitative estimate of drug-likeness (QED) is 0.0617. The molecule has 0 saturated heterocycles. The number of hydrogen-bond donors (Lipinski definition) is 0. The van der Waals surface area contributed by atoms with Gasteiger partial charge in [-0.1, -0.05) is 176 Å². The molecule has 0 saturated carbocycles. The predicted molar refractivity (Wildman–Crippen MR) is 173 cm³/mol. The Kier molecular flexibility index (Phi) is 47.1. The first-order valence-corrected chi connectivity index (χ1v) is 19.8. The summed E-state index contributed by atoms with van der Waals surface area (Å²) in [6.45, 7) is 0. The van der Waals surface area contributed by atoms with Gasteiger partial charge in [0.1, 0.15) is 0 Å². The summed E-state index contributed by atoms with van der Waals surface area (Å²) < 4.78 is 0. The maximum absolute atomic E-state index is 10.4. The van der Waals surface area contributed by atoms with Crippen molar-refractivity contribution < 1.29 is 57.5 Å². The Balaban J connectivity index is -0.00000760. The van der Waals surface area contributed by atoms with Gasteiger partial charge in [-0.25, -0.2) is 0 Å². The molecule has 0 radical (unpaired) electrons. The minimum atomic E-state index is -0.907. The van der Waals surface area contributed by atoms with Crippen LogP contribution < -0.4 is 47.9 Å². The van der Waals surface area contributed by atoms with E-state index in [-0.39, 0.29) is 50.6 Å². The third-order valence-electron chi connectivity index (χ3n) is 7.80. The van der Waals surface area contributed by atoms with Crippen LogP contribution >= 0.6 is 21.6 Å². The molecule has 0 heterocycles. The van der Waals surface area contributed by atoms with Crippen molar-refractivity contribution in [2.45, 2.75) is 193 Å². The van der Waals surface area contributed by atoms with Gasteiger partial charge in [-0.05, 0) is 38.5 Å². The molecule has 0 N–H and O–H groups in total. The van der Waals surface area contributed by atoms with Gasteiger partial charge < -0.3 is 19.8 Å². The van der Waals surface area contributed by atoms with Crippen molar-refractivity contribution in [2.24, 2.45) is 0 Å². The van der Waals surface area contributed by atoms with Crippen LogP contribution in [-0.2, 0) is 9.59 Å². The van der Waals surface area contributed by atoms with Crippen molar-refractivity contribution in [3.8, 4) is 0 Å². The number of rotatable bonds is 35. The van der Waals surface area contributed by atoms with Gasteiger partial charge in [0.25, 0.3) is 0 Å². The number of hydrogen-bond acceptors (Lipinski definition) is 6. The van der Waals surface area contributed by atoms with Crippen molar-refractivity contribution in [3.63, 3.8) is 0 Å². The normalized spacial score (nSPS) is 10.8. The van der Waals surface area contributed by atoms with E-state index < -0.39 is 11.9 Å². The van der Waals surface area contributed by atoms with E-state index in [4.69, 9.17) is 0 Å². The Morgan fingerprint density at radius 1 is 0.310 bits per heavy atom. The molecule has 0 amide bonds. The number of carbonyl (C=O) groups excluding carboxylic acids is 2. The van der Waals surface area contributed by atoms with Crippen LogP contribution in [0.3, 0.4) is 0 Å². The van der Waals surface area contributed by atoms with Crippen LogP contribution in [0.1, 0.15) is 193 Å². The molecule has 0 unspecified atom stereocenters. The van der Waals surface area contributed by atoms with Crippen molar-refractivity contribution in [3.05, 3.63) is 0 Å². The SMILES string of the molecule is O=C([O-])CCCCCCCCCCCCCCCCSSCCCCCCCCCCCCCCCCC(=O)[O-].[Li+].[Li+]. The van der Waals surface area contributed by atoms with E-state index in [0.29, 0.717) is 0 Å². The molecule has 42 heavy (non-hydrogen) atoms. The molecule has 4 nitrogen and oxygen atoms in total.